The molecule has 1 aliphatic rings. The van der Waals surface area contributed by atoms with Gasteiger partial charge in [0.1, 0.15) is 0 Å². The molecule has 1 fully saturated rings. The Morgan fingerprint density at radius 3 is 2.10 bits per heavy atom. The molecule has 3 unspecified atom stereocenters. The highest BCUT2D eigenvalue weighted by Gasteiger charge is 2.57. The fraction of sp³-hybridized carbons (Fsp3) is 0.500. The highest BCUT2D eigenvalue weighted by Crippen LogP contribution is 2.55. The van der Waals surface area contributed by atoms with Crippen molar-refractivity contribution in [2.75, 3.05) is 0 Å². The van der Waals surface area contributed by atoms with Crippen LogP contribution < -0.4 is 0 Å². The summed E-state index contributed by atoms with van der Waals surface area (Å²) < 4.78 is 64.1. The van der Waals surface area contributed by atoms with Gasteiger partial charge in [0.2, 0.25) is 5.24 Å². The van der Waals surface area contributed by atoms with Crippen LogP contribution in [-0.2, 0) is 4.79 Å². The molecular formula is C14H12ClF5O. The van der Waals surface area contributed by atoms with Gasteiger partial charge in [-0.05, 0) is 22.7 Å². The molecule has 0 radical (unpaired) electrons. The van der Waals surface area contributed by atoms with Gasteiger partial charge in [-0.3, -0.25) is 4.79 Å². The summed E-state index contributed by atoms with van der Waals surface area (Å²) in [6.07, 6.45) is -4.83. The standard InChI is InChI=1S/C14H12ClF5O/c1-7(14(18,19)20)11(12(15)21)9-4-2-8(3-5-9)10-6-13(10,16)17/h2-5,7,10-11H,6H2,1H3. The topological polar surface area (TPSA) is 17.1 Å². The van der Waals surface area contributed by atoms with E-state index in [2.05, 4.69) is 0 Å². The van der Waals surface area contributed by atoms with E-state index in [0.717, 1.165) is 6.92 Å². The van der Waals surface area contributed by atoms with E-state index in [1.807, 2.05) is 0 Å². The summed E-state index contributed by atoms with van der Waals surface area (Å²) in [7, 11) is 0. The van der Waals surface area contributed by atoms with Crippen LogP contribution in [0.25, 0.3) is 0 Å². The van der Waals surface area contributed by atoms with Gasteiger partial charge < -0.3 is 0 Å². The Bertz CT molecular complexity index is 537. The zero-order chi connectivity index (χ0) is 16.0. The first kappa shape index (κ1) is 16.2. The van der Waals surface area contributed by atoms with Crippen molar-refractivity contribution in [3.05, 3.63) is 35.4 Å². The lowest BCUT2D eigenvalue weighted by Gasteiger charge is -2.23. The van der Waals surface area contributed by atoms with E-state index in [1.165, 1.54) is 24.3 Å². The number of alkyl halides is 5. The first-order valence-electron chi connectivity index (χ1n) is 6.28. The van der Waals surface area contributed by atoms with Crippen molar-refractivity contribution in [1.82, 2.24) is 0 Å². The molecule has 0 amide bonds. The van der Waals surface area contributed by atoms with Crippen molar-refractivity contribution >= 4 is 16.8 Å². The number of hydrogen-bond donors (Lipinski definition) is 0. The molecule has 0 N–H and O–H groups in total. The van der Waals surface area contributed by atoms with Gasteiger partial charge in [0.15, 0.2) is 0 Å². The molecule has 116 valence electrons. The number of hydrogen-bond acceptors (Lipinski definition) is 1. The Hall–Kier alpha value is -1.17. The summed E-state index contributed by atoms with van der Waals surface area (Å²) in [5.41, 5.74) is 0.428. The summed E-state index contributed by atoms with van der Waals surface area (Å²) in [5, 5.41) is -1.12. The van der Waals surface area contributed by atoms with Gasteiger partial charge in [-0.15, -0.1) is 0 Å². The SMILES string of the molecule is CC(C(C(=O)Cl)c1ccc(C2CC2(F)F)cc1)C(F)(F)F. The predicted octanol–water partition coefficient (Wildman–Crippen LogP) is 4.86. The average molecular weight is 327 g/mol. The van der Waals surface area contributed by atoms with Crippen LogP contribution in [0.4, 0.5) is 22.0 Å². The summed E-state index contributed by atoms with van der Waals surface area (Å²) >= 11 is 5.28. The van der Waals surface area contributed by atoms with Gasteiger partial charge in [-0.25, -0.2) is 8.78 Å². The van der Waals surface area contributed by atoms with Crippen LogP contribution in [0.2, 0.25) is 0 Å². The highest BCUT2D eigenvalue weighted by molar-refractivity contribution is 6.64. The van der Waals surface area contributed by atoms with E-state index in [9.17, 15) is 26.7 Å². The Morgan fingerprint density at radius 2 is 1.76 bits per heavy atom. The lowest BCUT2D eigenvalue weighted by molar-refractivity contribution is -0.177. The number of benzene rings is 1. The number of carbonyl (C=O) groups excluding carboxylic acids is 1. The lowest BCUT2D eigenvalue weighted by atomic mass is 9.87. The molecule has 1 aromatic carbocycles. The van der Waals surface area contributed by atoms with Crippen LogP contribution in [0.15, 0.2) is 24.3 Å². The van der Waals surface area contributed by atoms with Crippen molar-refractivity contribution in [3.63, 3.8) is 0 Å². The van der Waals surface area contributed by atoms with E-state index in [0.29, 0.717) is 5.56 Å². The normalized spacial score (nSPS) is 23.5. The molecule has 0 spiro atoms. The van der Waals surface area contributed by atoms with Gasteiger partial charge in [-0.2, -0.15) is 13.2 Å². The van der Waals surface area contributed by atoms with Crippen molar-refractivity contribution in [2.24, 2.45) is 5.92 Å². The first-order valence-corrected chi connectivity index (χ1v) is 6.65. The van der Waals surface area contributed by atoms with E-state index >= 15 is 0 Å². The number of halogens is 6. The average Bonchev–Trinajstić information content (AvgIpc) is 2.98. The van der Waals surface area contributed by atoms with Gasteiger partial charge in [-0.1, -0.05) is 31.2 Å². The minimum absolute atomic E-state index is 0.0764. The molecular weight excluding hydrogens is 315 g/mol. The molecule has 1 aliphatic carbocycles. The van der Waals surface area contributed by atoms with Gasteiger partial charge in [0.25, 0.3) is 5.92 Å². The maximum Gasteiger partial charge on any atom is 0.392 e. The highest BCUT2D eigenvalue weighted by atomic mass is 35.5. The van der Waals surface area contributed by atoms with Crippen LogP contribution in [-0.4, -0.2) is 17.3 Å². The van der Waals surface area contributed by atoms with Crippen LogP contribution in [0.1, 0.15) is 36.3 Å². The molecule has 0 saturated heterocycles. The molecule has 1 nitrogen and oxygen atoms in total. The Labute approximate surface area is 123 Å². The van der Waals surface area contributed by atoms with Crippen LogP contribution in [0, 0.1) is 5.92 Å². The minimum atomic E-state index is -4.57. The second-order valence-corrected chi connectivity index (χ2v) is 5.67. The molecule has 21 heavy (non-hydrogen) atoms. The van der Waals surface area contributed by atoms with Gasteiger partial charge in [0, 0.05) is 6.42 Å². The fourth-order valence-electron chi connectivity index (χ4n) is 2.32. The molecule has 0 heterocycles. The molecule has 1 saturated carbocycles. The third kappa shape index (κ3) is 3.36. The Morgan fingerprint density at radius 1 is 1.29 bits per heavy atom. The van der Waals surface area contributed by atoms with Crippen LogP contribution in [0.5, 0.6) is 0 Å². The summed E-state index contributed by atoms with van der Waals surface area (Å²) in [6, 6.07) is 5.18. The number of carbonyl (C=O) groups is 1. The lowest BCUT2D eigenvalue weighted by Crippen LogP contribution is -2.29. The van der Waals surface area contributed by atoms with Crippen molar-refractivity contribution in [3.8, 4) is 0 Å². The van der Waals surface area contributed by atoms with E-state index in [4.69, 9.17) is 11.6 Å². The van der Waals surface area contributed by atoms with Gasteiger partial charge >= 0.3 is 6.18 Å². The maximum atomic E-state index is 12.9. The Kier molecular flexibility index (Phi) is 4.04. The largest absolute Gasteiger partial charge is 0.392 e. The first-order chi connectivity index (χ1) is 9.54. The van der Waals surface area contributed by atoms with Crippen molar-refractivity contribution in [1.29, 1.82) is 0 Å². The monoisotopic (exact) mass is 326 g/mol. The van der Waals surface area contributed by atoms with Gasteiger partial charge in [0.05, 0.1) is 17.8 Å². The minimum Gasteiger partial charge on any atom is -0.281 e. The van der Waals surface area contributed by atoms with E-state index in [-0.39, 0.29) is 12.0 Å². The molecule has 0 aliphatic heterocycles. The second-order valence-electron chi connectivity index (χ2n) is 5.30. The quantitative estimate of drug-likeness (QED) is 0.570. The Balaban J connectivity index is 2.24. The predicted molar refractivity (Wildman–Crippen MR) is 67.6 cm³/mol. The number of rotatable bonds is 4. The van der Waals surface area contributed by atoms with Crippen LogP contribution in [0.3, 0.4) is 0 Å². The maximum absolute atomic E-state index is 12.9. The molecule has 0 bridgehead atoms. The molecule has 3 atom stereocenters. The summed E-state index contributed by atoms with van der Waals surface area (Å²) in [6.45, 7) is 0.869. The van der Waals surface area contributed by atoms with Crippen LogP contribution >= 0.6 is 11.6 Å². The smallest absolute Gasteiger partial charge is 0.281 e. The molecule has 2 rings (SSSR count). The van der Waals surface area contributed by atoms with E-state index in [1.54, 1.807) is 0 Å². The summed E-state index contributed by atoms with van der Waals surface area (Å²) in [4.78, 5) is 11.3. The van der Waals surface area contributed by atoms with Crippen molar-refractivity contribution < 1.29 is 26.7 Å². The zero-order valence-electron chi connectivity index (χ0n) is 10.9. The van der Waals surface area contributed by atoms with E-state index < -0.39 is 35.1 Å². The third-order valence-electron chi connectivity index (χ3n) is 3.78. The van der Waals surface area contributed by atoms with Crippen molar-refractivity contribution in [2.45, 2.75) is 37.3 Å². The fourth-order valence-corrected chi connectivity index (χ4v) is 2.63. The second kappa shape index (κ2) is 5.23. The summed E-state index contributed by atoms with van der Waals surface area (Å²) in [5.74, 6) is -7.13. The molecule has 1 aromatic rings. The zero-order valence-corrected chi connectivity index (χ0v) is 11.7. The third-order valence-corrected chi connectivity index (χ3v) is 4.02. The molecule has 0 aromatic heterocycles. The molecule has 7 heteroatoms.